The minimum Gasteiger partial charge on any atom is -0.506 e. The van der Waals surface area contributed by atoms with Crippen molar-refractivity contribution in [3.05, 3.63) is 36.4 Å². The molecule has 0 aliphatic carbocycles. The van der Waals surface area contributed by atoms with Gasteiger partial charge < -0.3 is 25.4 Å². The number of nitrogens with zero attached hydrogens (tertiary/aromatic N) is 1. The quantitative estimate of drug-likeness (QED) is 0.515. The Bertz CT molecular complexity index is 698. The van der Waals surface area contributed by atoms with Gasteiger partial charge in [0.15, 0.2) is 0 Å². The first kappa shape index (κ1) is 19.5. The van der Waals surface area contributed by atoms with E-state index in [9.17, 15) is 19.5 Å². The molecule has 3 amide bonds. The first-order chi connectivity index (χ1) is 12.5. The predicted molar refractivity (Wildman–Crippen MR) is 95.9 cm³/mol. The monoisotopic (exact) mass is 361 g/mol. The zero-order valence-electron chi connectivity index (χ0n) is 14.7. The molecule has 3 N–H and O–H groups in total. The van der Waals surface area contributed by atoms with Gasteiger partial charge in [0, 0.05) is 18.7 Å². The van der Waals surface area contributed by atoms with Gasteiger partial charge in [0.25, 0.3) is 5.91 Å². The molecule has 1 heterocycles. The van der Waals surface area contributed by atoms with Crippen LogP contribution >= 0.6 is 0 Å². The lowest BCUT2D eigenvalue weighted by atomic mass is 10.1. The van der Waals surface area contributed by atoms with Crippen LogP contribution in [0.4, 0.5) is 5.69 Å². The molecule has 1 aromatic carbocycles. The van der Waals surface area contributed by atoms with Crippen LogP contribution < -0.4 is 10.6 Å². The fraction of sp³-hybridized carbons (Fsp3) is 0.389. The predicted octanol–water partition coefficient (Wildman–Crippen LogP) is 0.884. The number of carbonyl (C=O) groups is 3. The SMILES string of the molecule is C=CC(=O)Nc1cc(C(=O)NC(CC)C(=O)N2CCOCC2)ccc1O. The van der Waals surface area contributed by atoms with Gasteiger partial charge in [-0.05, 0) is 30.7 Å². The number of amides is 3. The average molecular weight is 361 g/mol. The lowest BCUT2D eigenvalue weighted by Crippen LogP contribution is -2.51. The molecule has 1 saturated heterocycles. The van der Waals surface area contributed by atoms with Gasteiger partial charge in [-0.3, -0.25) is 14.4 Å². The van der Waals surface area contributed by atoms with E-state index in [0.717, 1.165) is 6.08 Å². The van der Waals surface area contributed by atoms with Gasteiger partial charge in [-0.25, -0.2) is 0 Å². The van der Waals surface area contributed by atoms with E-state index in [2.05, 4.69) is 17.2 Å². The molecule has 140 valence electrons. The maximum absolute atomic E-state index is 12.5. The lowest BCUT2D eigenvalue weighted by molar-refractivity contribution is -0.137. The van der Waals surface area contributed by atoms with E-state index in [1.807, 2.05) is 6.92 Å². The third kappa shape index (κ3) is 4.82. The first-order valence-corrected chi connectivity index (χ1v) is 8.40. The molecule has 1 aromatic rings. The number of phenols is 1. The van der Waals surface area contributed by atoms with Crippen molar-refractivity contribution in [3.8, 4) is 5.75 Å². The van der Waals surface area contributed by atoms with Gasteiger partial charge in [0.1, 0.15) is 11.8 Å². The number of morpholine rings is 1. The largest absolute Gasteiger partial charge is 0.506 e. The summed E-state index contributed by atoms with van der Waals surface area (Å²) in [5, 5.41) is 14.9. The third-order valence-corrected chi connectivity index (χ3v) is 4.04. The standard InChI is InChI=1S/C18H23N3O5/c1-3-13(18(25)21-7-9-26-10-8-21)20-17(24)12-5-6-15(22)14(11-12)19-16(23)4-2/h4-6,11,13,22H,2-3,7-10H2,1H3,(H,19,23)(H,20,24). The molecular formula is C18H23N3O5. The molecular weight excluding hydrogens is 338 g/mol. The molecule has 1 fully saturated rings. The normalized spacial score (nSPS) is 15.0. The van der Waals surface area contributed by atoms with Crippen LogP contribution in [-0.4, -0.2) is 60.1 Å². The van der Waals surface area contributed by atoms with Gasteiger partial charge in [-0.1, -0.05) is 13.5 Å². The Hall–Kier alpha value is -2.87. The van der Waals surface area contributed by atoms with Crippen LogP contribution in [0.25, 0.3) is 0 Å². The summed E-state index contributed by atoms with van der Waals surface area (Å²) < 4.78 is 5.23. The summed E-state index contributed by atoms with van der Waals surface area (Å²) >= 11 is 0. The van der Waals surface area contributed by atoms with Gasteiger partial charge >= 0.3 is 0 Å². The molecule has 0 radical (unpaired) electrons. The highest BCUT2D eigenvalue weighted by Gasteiger charge is 2.26. The number of hydrogen-bond acceptors (Lipinski definition) is 5. The summed E-state index contributed by atoms with van der Waals surface area (Å²) in [5.74, 6) is -1.30. The third-order valence-electron chi connectivity index (χ3n) is 4.04. The second-order valence-corrected chi connectivity index (χ2v) is 5.80. The van der Waals surface area contributed by atoms with Crippen molar-refractivity contribution in [2.24, 2.45) is 0 Å². The molecule has 2 rings (SSSR count). The number of hydrogen-bond donors (Lipinski definition) is 3. The minimum atomic E-state index is -0.652. The average Bonchev–Trinajstić information content (AvgIpc) is 2.67. The van der Waals surface area contributed by atoms with Crippen LogP contribution in [0.15, 0.2) is 30.9 Å². The van der Waals surface area contributed by atoms with Crippen LogP contribution in [0.5, 0.6) is 5.75 Å². The number of rotatable bonds is 6. The summed E-state index contributed by atoms with van der Waals surface area (Å²) in [5.41, 5.74) is 0.311. The topological polar surface area (TPSA) is 108 Å². The molecule has 0 saturated carbocycles. The van der Waals surface area contributed by atoms with Crippen molar-refractivity contribution in [2.45, 2.75) is 19.4 Å². The van der Waals surface area contributed by atoms with E-state index in [4.69, 9.17) is 4.74 Å². The summed E-state index contributed by atoms with van der Waals surface area (Å²) in [4.78, 5) is 38.1. The van der Waals surface area contributed by atoms with E-state index in [0.29, 0.717) is 32.7 Å². The number of anilines is 1. The van der Waals surface area contributed by atoms with Crippen molar-refractivity contribution in [3.63, 3.8) is 0 Å². The lowest BCUT2D eigenvalue weighted by Gasteiger charge is -2.30. The maximum atomic E-state index is 12.5. The Morgan fingerprint density at radius 3 is 2.65 bits per heavy atom. The van der Waals surface area contributed by atoms with E-state index < -0.39 is 17.9 Å². The van der Waals surface area contributed by atoms with Crippen LogP contribution in [-0.2, 0) is 14.3 Å². The summed E-state index contributed by atoms with van der Waals surface area (Å²) in [6, 6.07) is 3.41. The number of aromatic hydroxyl groups is 1. The highest BCUT2D eigenvalue weighted by molar-refractivity contribution is 6.02. The number of ether oxygens (including phenoxy) is 1. The van der Waals surface area contributed by atoms with E-state index in [-0.39, 0.29) is 22.9 Å². The van der Waals surface area contributed by atoms with Crippen molar-refractivity contribution >= 4 is 23.4 Å². The number of phenolic OH excluding ortho intramolecular Hbond substituents is 1. The number of benzene rings is 1. The smallest absolute Gasteiger partial charge is 0.252 e. The van der Waals surface area contributed by atoms with Crippen LogP contribution in [0.2, 0.25) is 0 Å². The Morgan fingerprint density at radius 1 is 1.35 bits per heavy atom. The molecule has 1 atom stereocenters. The molecule has 0 aromatic heterocycles. The first-order valence-electron chi connectivity index (χ1n) is 8.40. The van der Waals surface area contributed by atoms with Gasteiger partial charge in [-0.15, -0.1) is 0 Å². The van der Waals surface area contributed by atoms with Gasteiger partial charge in [0.05, 0.1) is 18.9 Å². The fourth-order valence-electron chi connectivity index (χ4n) is 2.55. The van der Waals surface area contributed by atoms with E-state index in [1.165, 1.54) is 18.2 Å². The second kappa shape index (κ2) is 9.00. The molecule has 0 bridgehead atoms. The van der Waals surface area contributed by atoms with Crippen molar-refractivity contribution in [2.75, 3.05) is 31.6 Å². The second-order valence-electron chi connectivity index (χ2n) is 5.80. The van der Waals surface area contributed by atoms with E-state index in [1.54, 1.807) is 4.90 Å². The van der Waals surface area contributed by atoms with Crippen molar-refractivity contribution < 1.29 is 24.2 Å². The van der Waals surface area contributed by atoms with Crippen LogP contribution in [0.3, 0.4) is 0 Å². The fourth-order valence-corrected chi connectivity index (χ4v) is 2.55. The molecule has 8 heteroatoms. The molecule has 26 heavy (non-hydrogen) atoms. The number of carbonyl (C=O) groups excluding carboxylic acids is 3. The Balaban J connectivity index is 2.09. The zero-order chi connectivity index (χ0) is 19.1. The maximum Gasteiger partial charge on any atom is 0.252 e. The molecule has 1 aliphatic heterocycles. The summed E-state index contributed by atoms with van der Waals surface area (Å²) in [7, 11) is 0. The molecule has 1 aliphatic rings. The summed E-state index contributed by atoms with van der Waals surface area (Å²) in [6.45, 7) is 7.13. The molecule has 0 spiro atoms. The Labute approximate surface area is 151 Å². The van der Waals surface area contributed by atoms with E-state index >= 15 is 0 Å². The van der Waals surface area contributed by atoms with Crippen LogP contribution in [0, 0.1) is 0 Å². The highest BCUT2D eigenvalue weighted by atomic mass is 16.5. The Morgan fingerprint density at radius 2 is 2.04 bits per heavy atom. The van der Waals surface area contributed by atoms with Gasteiger partial charge in [-0.2, -0.15) is 0 Å². The van der Waals surface area contributed by atoms with Crippen molar-refractivity contribution in [1.82, 2.24) is 10.2 Å². The van der Waals surface area contributed by atoms with Crippen LogP contribution in [0.1, 0.15) is 23.7 Å². The summed E-state index contributed by atoms with van der Waals surface area (Å²) in [6.07, 6.45) is 1.50. The number of nitrogens with one attached hydrogen (secondary N) is 2. The van der Waals surface area contributed by atoms with Gasteiger partial charge in [0.2, 0.25) is 11.8 Å². The van der Waals surface area contributed by atoms with Crippen molar-refractivity contribution in [1.29, 1.82) is 0 Å². The zero-order valence-corrected chi connectivity index (χ0v) is 14.7. The molecule has 1 unspecified atom stereocenters. The highest BCUT2D eigenvalue weighted by Crippen LogP contribution is 2.24. The Kier molecular flexibility index (Phi) is 6.74. The minimum absolute atomic E-state index is 0.0927. The molecule has 8 nitrogen and oxygen atoms in total.